The number of rotatable bonds is 6. The molecule has 123 valence electrons. The van der Waals surface area contributed by atoms with Crippen LogP contribution in [0.5, 0.6) is 0 Å². The van der Waals surface area contributed by atoms with E-state index < -0.39 is 19.7 Å². The summed E-state index contributed by atoms with van der Waals surface area (Å²) in [6.07, 6.45) is 4.23. The van der Waals surface area contributed by atoms with Gasteiger partial charge in [0.05, 0.1) is 23.0 Å². The zero-order valence-corrected chi connectivity index (χ0v) is 14.0. The molecule has 0 bridgehead atoms. The van der Waals surface area contributed by atoms with E-state index in [1.165, 1.54) is 0 Å². The lowest BCUT2D eigenvalue weighted by Crippen LogP contribution is -2.41. The van der Waals surface area contributed by atoms with Gasteiger partial charge in [0.1, 0.15) is 0 Å². The maximum absolute atomic E-state index is 11.3. The van der Waals surface area contributed by atoms with Crippen molar-refractivity contribution in [3.63, 3.8) is 0 Å². The first-order valence-electron chi connectivity index (χ1n) is 7.54. The van der Waals surface area contributed by atoms with Crippen LogP contribution in [0.4, 0.5) is 0 Å². The number of sulfone groups is 2. The van der Waals surface area contributed by atoms with Gasteiger partial charge in [-0.3, -0.25) is 0 Å². The largest absolute Gasteiger partial charge is 0.301 e. The van der Waals surface area contributed by atoms with Crippen LogP contribution in [0.3, 0.4) is 0 Å². The van der Waals surface area contributed by atoms with Gasteiger partial charge in [-0.15, -0.1) is 0 Å². The minimum atomic E-state index is -2.79. The lowest BCUT2D eigenvalue weighted by Gasteiger charge is -2.27. The van der Waals surface area contributed by atoms with Crippen LogP contribution in [0.2, 0.25) is 0 Å². The molecule has 2 saturated heterocycles. The van der Waals surface area contributed by atoms with Crippen LogP contribution in [0.25, 0.3) is 0 Å². The Balaban J connectivity index is 1.51. The molecule has 2 fully saturated rings. The summed E-state index contributed by atoms with van der Waals surface area (Å²) in [5.41, 5.74) is 0. The Labute approximate surface area is 128 Å². The molecule has 0 aliphatic carbocycles. The topological polar surface area (TPSA) is 74.8 Å². The van der Waals surface area contributed by atoms with Crippen LogP contribution in [-0.2, 0) is 19.7 Å². The van der Waals surface area contributed by atoms with Crippen molar-refractivity contribution in [1.29, 1.82) is 0 Å². The fourth-order valence-corrected chi connectivity index (χ4v) is 5.19. The van der Waals surface area contributed by atoms with Gasteiger partial charge in [-0.05, 0) is 25.8 Å². The number of unbranched alkanes of at least 4 members (excludes halogenated alkanes) is 2. The van der Waals surface area contributed by atoms with Gasteiger partial charge in [-0.25, -0.2) is 16.8 Å². The van der Waals surface area contributed by atoms with E-state index >= 15 is 0 Å². The zero-order chi connectivity index (χ0) is 15.3. The summed E-state index contributed by atoms with van der Waals surface area (Å²) in [5, 5.41) is 0. The van der Waals surface area contributed by atoms with Gasteiger partial charge in [-0.2, -0.15) is 0 Å². The number of hydrogen-bond acceptors (Lipinski definition) is 6. The Kier molecular flexibility index (Phi) is 6.05. The summed E-state index contributed by atoms with van der Waals surface area (Å²) in [6.45, 7) is 4.40. The number of nitrogens with zero attached hydrogens (tertiary/aromatic N) is 2. The first-order valence-corrected chi connectivity index (χ1v) is 11.2. The van der Waals surface area contributed by atoms with Crippen LogP contribution in [-0.4, -0.2) is 88.9 Å². The highest BCUT2D eigenvalue weighted by atomic mass is 32.2. The molecule has 0 aromatic heterocycles. The maximum Gasteiger partial charge on any atom is 0.152 e. The summed E-state index contributed by atoms with van der Waals surface area (Å²) in [4.78, 5) is 4.39. The lowest BCUT2D eigenvalue weighted by molar-refractivity contribution is 0.285. The fraction of sp³-hybridized carbons (Fsp3) is 0.923. The third-order valence-corrected chi connectivity index (χ3v) is 7.36. The van der Waals surface area contributed by atoms with E-state index in [1.807, 2.05) is 0 Å². The van der Waals surface area contributed by atoms with E-state index in [4.69, 9.17) is 0 Å². The molecule has 2 aliphatic rings. The van der Waals surface area contributed by atoms with Gasteiger partial charge in [0, 0.05) is 32.7 Å². The molecule has 0 aromatic carbocycles. The van der Waals surface area contributed by atoms with Gasteiger partial charge in [0.25, 0.3) is 0 Å². The standard InChI is InChI=1S/C13H25N2O4S2/c16-20(17)10-6-14(7-11-20)4-2-1-3-5-15-8-12-21(18,19)13-9-15/h2H,1,3-13H2. The molecule has 0 spiro atoms. The highest BCUT2D eigenvalue weighted by Crippen LogP contribution is 2.08. The van der Waals surface area contributed by atoms with E-state index in [0.717, 1.165) is 25.9 Å². The average molecular weight is 337 g/mol. The second kappa shape index (κ2) is 7.39. The third kappa shape index (κ3) is 6.22. The van der Waals surface area contributed by atoms with Crippen molar-refractivity contribution in [3.05, 3.63) is 6.42 Å². The predicted octanol–water partition coefficient (Wildman–Crippen LogP) is -0.568. The third-order valence-electron chi connectivity index (χ3n) is 4.14. The van der Waals surface area contributed by atoms with E-state index in [1.54, 1.807) is 0 Å². The van der Waals surface area contributed by atoms with Gasteiger partial charge in [0.15, 0.2) is 19.7 Å². The quantitative estimate of drug-likeness (QED) is 0.605. The smallest absolute Gasteiger partial charge is 0.152 e. The minimum Gasteiger partial charge on any atom is -0.301 e. The highest BCUT2D eigenvalue weighted by molar-refractivity contribution is 7.91. The molecule has 1 radical (unpaired) electrons. The van der Waals surface area contributed by atoms with Gasteiger partial charge in [0.2, 0.25) is 0 Å². The van der Waals surface area contributed by atoms with Crippen LogP contribution >= 0.6 is 0 Å². The van der Waals surface area contributed by atoms with Crippen molar-refractivity contribution in [1.82, 2.24) is 9.80 Å². The molecule has 6 nitrogen and oxygen atoms in total. The van der Waals surface area contributed by atoms with Crippen molar-refractivity contribution < 1.29 is 16.8 Å². The molecule has 0 atom stereocenters. The molecule has 21 heavy (non-hydrogen) atoms. The lowest BCUT2D eigenvalue weighted by atomic mass is 10.2. The zero-order valence-electron chi connectivity index (χ0n) is 12.4. The van der Waals surface area contributed by atoms with Gasteiger partial charge < -0.3 is 9.80 Å². The molecular formula is C13H25N2O4S2. The monoisotopic (exact) mass is 337 g/mol. The average Bonchev–Trinajstić information content (AvgIpc) is 2.42. The Hall–Kier alpha value is -0.180. The molecule has 0 aromatic rings. The van der Waals surface area contributed by atoms with Crippen LogP contribution in [0.15, 0.2) is 0 Å². The molecule has 0 unspecified atom stereocenters. The Morgan fingerprint density at radius 1 is 0.762 bits per heavy atom. The second-order valence-electron chi connectivity index (χ2n) is 5.88. The first kappa shape index (κ1) is 17.2. The van der Waals surface area contributed by atoms with Crippen molar-refractivity contribution in [2.24, 2.45) is 0 Å². The molecular weight excluding hydrogens is 312 g/mol. The summed E-state index contributed by atoms with van der Waals surface area (Å²) in [6, 6.07) is 0. The van der Waals surface area contributed by atoms with E-state index in [0.29, 0.717) is 37.7 Å². The Morgan fingerprint density at radius 2 is 1.24 bits per heavy atom. The molecule has 2 aliphatic heterocycles. The summed E-state index contributed by atoms with van der Waals surface area (Å²) >= 11 is 0. The first-order chi connectivity index (χ1) is 9.86. The van der Waals surface area contributed by atoms with Crippen LogP contribution in [0.1, 0.15) is 12.8 Å². The molecule has 0 saturated carbocycles. The van der Waals surface area contributed by atoms with Gasteiger partial charge >= 0.3 is 0 Å². The molecule has 0 N–H and O–H groups in total. The van der Waals surface area contributed by atoms with E-state index in [-0.39, 0.29) is 11.5 Å². The van der Waals surface area contributed by atoms with Crippen molar-refractivity contribution in [2.45, 2.75) is 12.8 Å². The van der Waals surface area contributed by atoms with Crippen molar-refractivity contribution in [3.8, 4) is 0 Å². The Morgan fingerprint density at radius 3 is 1.76 bits per heavy atom. The number of hydrogen-bond donors (Lipinski definition) is 0. The molecule has 0 amide bonds. The normalized spacial score (nSPS) is 26.7. The molecule has 8 heteroatoms. The molecule has 2 heterocycles. The van der Waals surface area contributed by atoms with Crippen molar-refractivity contribution in [2.75, 3.05) is 62.3 Å². The summed E-state index contributed by atoms with van der Waals surface area (Å²) < 4.78 is 45.2. The minimum absolute atomic E-state index is 0.281. The summed E-state index contributed by atoms with van der Waals surface area (Å²) in [7, 11) is -5.57. The van der Waals surface area contributed by atoms with Crippen molar-refractivity contribution >= 4 is 19.7 Å². The van der Waals surface area contributed by atoms with Crippen LogP contribution in [0, 0.1) is 6.42 Å². The Bertz CT molecular complexity index is 454. The van der Waals surface area contributed by atoms with E-state index in [9.17, 15) is 16.8 Å². The molecule has 2 rings (SSSR count). The predicted molar refractivity (Wildman–Crippen MR) is 83.7 cm³/mol. The van der Waals surface area contributed by atoms with Gasteiger partial charge in [-0.1, -0.05) is 0 Å². The maximum atomic E-state index is 11.3. The summed E-state index contributed by atoms with van der Waals surface area (Å²) in [5.74, 6) is 1.14. The van der Waals surface area contributed by atoms with E-state index in [2.05, 4.69) is 16.2 Å². The second-order valence-corrected chi connectivity index (χ2v) is 10.5. The SMILES string of the molecule is O=S1(=O)CCN(C[CH]CCCN2CCS(=O)(=O)CC2)CC1. The fourth-order valence-electron chi connectivity index (χ4n) is 2.64. The highest BCUT2D eigenvalue weighted by Gasteiger charge is 2.22. The van der Waals surface area contributed by atoms with Crippen LogP contribution < -0.4 is 0 Å².